The molecule has 3 heterocycles. The van der Waals surface area contributed by atoms with Gasteiger partial charge >= 0.3 is 0 Å². The SMILES string of the molecule is Cc1c2c(cc3c1O/C(=C\c1cccc(Br)c1)C3=O)CN(Cc1cccs1)CO2. The maximum atomic E-state index is 13.0. The molecule has 146 valence electrons. The first-order chi connectivity index (χ1) is 14.1. The van der Waals surface area contributed by atoms with Crippen molar-refractivity contribution in [3.05, 3.63) is 85.2 Å². The lowest BCUT2D eigenvalue weighted by Gasteiger charge is -2.30. The van der Waals surface area contributed by atoms with Gasteiger partial charge in [-0.15, -0.1) is 11.3 Å². The monoisotopic (exact) mass is 467 g/mol. The van der Waals surface area contributed by atoms with E-state index in [1.54, 1.807) is 17.4 Å². The van der Waals surface area contributed by atoms with E-state index in [9.17, 15) is 4.79 Å². The molecule has 0 radical (unpaired) electrons. The van der Waals surface area contributed by atoms with Crippen LogP contribution in [0.2, 0.25) is 0 Å². The van der Waals surface area contributed by atoms with E-state index in [4.69, 9.17) is 9.47 Å². The number of rotatable bonds is 3. The largest absolute Gasteiger partial charge is 0.477 e. The molecule has 5 rings (SSSR count). The molecule has 2 aliphatic heterocycles. The summed E-state index contributed by atoms with van der Waals surface area (Å²) < 4.78 is 13.0. The van der Waals surface area contributed by atoms with Gasteiger partial charge in [0.1, 0.15) is 18.2 Å². The van der Waals surface area contributed by atoms with Gasteiger partial charge in [0.25, 0.3) is 0 Å². The van der Waals surface area contributed by atoms with Crippen LogP contribution in [0.1, 0.15) is 31.9 Å². The van der Waals surface area contributed by atoms with E-state index in [1.165, 1.54) is 4.88 Å². The highest BCUT2D eigenvalue weighted by Crippen LogP contribution is 2.43. The Bertz CT molecular complexity index is 1140. The standard InChI is InChI=1S/C23H18BrNO3S/c1-14-22-16(11-25(13-27-22)12-18-6-3-7-29-18)10-19-21(26)20(28-23(14)19)9-15-4-2-5-17(24)8-15/h2-10H,11-13H2,1H3/b20-9-. The number of fused-ring (bicyclic) bond motifs is 2. The van der Waals surface area contributed by atoms with Crippen LogP contribution in [0.4, 0.5) is 0 Å². The molecule has 0 amide bonds. The molecular formula is C23H18BrNO3S. The molecule has 0 bridgehead atoms. The summed E-state index contributed by atoms with van der Waals surface area (Å²) in [5.41, 5.74) is 3.45. The molecule has 0 saturated heterocycles. The quantitative estimate of drug-likeness (QED) is 0.457. The lowest BCUT2D eigenvalue weighted by molar-refractivity contribution is 0.0886. The highest BCUT2D eigenvalue weighted by Gasteiger charge is 2.33. The average molecular weight is 468 g/mol. The normalized spacial score (nSPS) is 17.0. The van der Waals surface area contributed by atoms with Gasteiger partial charge in [0.2, 0.25) is 5.78 Å². The fourth-order valence-electron chi connectivity index (χ4n) is 3.77. The van der Waals surface area contributed by atoms with Gasteiger partial charge in [-0.1, -0.05) is 34.1 Å². The molecule has 6 heteroatoms. The highest BCUT2D eigenvalue weighted by atomic mass is 79.9. The molecule has 4 nitrogen and oxygen atoms in total. The second-order valence-electron chi connectivity index (χ2n) is 7.20. The van der Waals surface area contributed by atoms with Crippen molar-refractivity contribution in [2.24, 2.45) is 0 Å². The summed E-state index contributed by atoms with van der Waals surface area (Å²) >= 11 is 5.20. The van der Waals surface area contributed by atoms with Crippen molar-refractivity contribution in [3.8, 4) is 11.5 Å². The van der Waals surface area contributed by atoms with Crippen molar-refractivity contribution in [2.45, 2.75) is 20.0 Å². The van der Waals surface area contributed by atoms with Gasteiger partial charge in [-0.25, -0.2) is 0 Å². The van der Waals surface area contributed by atoms with E-state index in [-0.39, 0.29) is 5.78 Å². The minimum absolute atomic E-state index is 0.0822. The Balaban J connectivity index is 1.45. The number of hydrogen-bond donors (Lipinski definition) is 0. The minimum Gasteiger partial charge on any atom is -0.477 e. The van der Waals surface area contributed by atoms with Gasteiger partial charge in [0.05, 0.1) is 5.56 Å². The van der Waals surface area contributed by atoms with Crippen LogP contribution in [0.3, 0.4) is 0 Å². The molecule has 2 aromatic carbocycles. The van der Waals surface area contributed by atoms with Crippen molar-refractivity contribution < 1.29 is 14.3 Å². The zero-order chi connectivity index (χ0) is 20.0. The van der Waals surface area contributed by atoms with Crippen LogP contribution < -0.4 is 9.47 Å². The summed E-state index contributed by atoms with van der Waals surface area (Å²) in [6.45, 7) is 4.08. The summed E-state index contributed by atoms with van der Waals surface area (Å²) in [5, 5.41) is 2.08. The number of carbonyl (C=O) groups is 1. The predicted molar refractivity (Wildman–Crippen MR) is 117 cm³/mol. The molecule has 0 aliphatic carbocycles. The Hall–Kier alpha value is -2.41. The molecule has 0 atom stereocenters. The molecule has 0 saturated carbocycles. The third-order valence-corrected chi connectivity index (χ3v) is 6.46. The van der Waals surface area contributed by atoms with Crippen molar-refractivity contribution in [1.82, 2.24) is 4.90 Å². The number of allylic oxidation sites excluding steroid dienone is 1. The number of halogens is 1. The topological polar surface area (TPSA) is 38.8 Å². The molecule has 0 N–H and O–H groups in total. The predicted octanol–water partition coefficient (Wildman–Crippen LogP) is 5.79. The number of carbonyl (C=O) groups excluding carboxylic acids is 1. The first kappa shape index (κ1) is 18.6. The Labute approximate surface area is 181 Å². The second kappa shape index (κ2) is 7.44. The third kappa shape index (κ3) is 3.52. The third-order valence-electron chi connectivity index (χ3n) is 5.11. The first-order valence-electron chi connectivity index (χ1n) is 9.32. The van der Waals surface area contributed by atoms with Crippen molar-refractivity contribution in [2.75, 3.05) is 6.73 Å². The van der Waals surface area contributed by atoms with Crippen LogP contribution >= 0.6 is 27.3 Å². The zero-order valence-electron chi connectivity index (χ0n) is 15.8. The summed E-state index contributed by atoms with van der Waals surface area (Å²) in [4.78, 5) is 16.5. The van der Waals surface area contributed by atoms with Crippen LogP contribution in [-0.4, -0.2) is 17.4 Å². The number of nitrogens with zero attached hydrogens (tertiary/aromatic N) is 1. The van der Waals surface area contributed by atoms with Gasteiger partial charge in [0, 0.05) is 33.6 Å². The lowest BCUT2D eigenvalue weighted by atomic mass is 10.00. The lowest BCUT2D eigenvalue weighted by Crippen LogP contribution is -2.31. The van der Waals surface area contributed by atoms with E-state index in [1.807, 2.05) is 37.3 Å². The van der Waals surface area contributed by atoms with E-state index >= 15 is 0 Å². The highest BCUT2D eigenvalue weighted by molar-refractivity contribution is 9.10. The maximum absolute atomic E-state index is 13.0. The number of thiophene rings is 1. The Morgan fingerprint density at radius 2 is 2.10 bits per heavy atom. The molecule has 2 aliphatic rings. The Morgan fingerprint density at radius 1 is 1.21 bits per heavy atom. The van der Waals surface area contributed by atoms with Crippen LogP contribution in [0.25, 0.3) is 6.08 Å². The summed E-state index contributed by atoms with van der Waals surface area (Å²) in [7, 11) is 0. The Morgan fingerprint density at radius 3 is 2.90 bits per heavy atom. The first-order valence-corrected chi connectivity index (χ1v) is 11.0. The van der Waals surface area contributed by atoms with Crippen LogP contribution in [-0.2, 0) is 13.1 Å². The minimum atomic E-state index is -0.0822. The van der Waals surface area contributed by atoms with Crippen molar-refractivity contribution >= 4 is 39.1 Å². The van der Waals surface area contributed by atoms with E-state index in [0.29, 0.717) is 23.8 Å². The fourth-order valence-corrected chi connectivity index (χ4v) is 4.93. The molecular weight excluding hydrogens is 450 g/mol. The fraction of sp³-hybridized carbons (Fsp3) is 0.174. The smallest absolute Gasteiger partial charge is 0.231 e. The number of ether oxygens (including phenoxy) is 2. The molecule has 0 spiro atoms. The number of ketones is 1. The van der Waals surface area contributed by atoms with Crippen molar-refractivity contribution in [3.63, 3.8) is 0 Å². The number of benzene rings is 2. The molecule has 3 aromatic rings. The number of Topliss-reactive ketones (excluding diaryl/α,β-unsaturated/α-hetero) is 1. The van der Waals surface area contributed by atoms with Gasteiger partial charge in [-0.05, 0) is 48.2 Å². The van der Waals surface area contributed by atoms with Gasteiger partial charge in [-0.3, -0.25) is 9.69 Å². The number of hydrogen-bond acceptors (Lipinski definition) is 5. The molecule has 1 aromatic heterocycles. The van der Waals surface area contributed by atoms with E-state index in [2.05, 4.69) is 38.3 Å². The average Bonchev–Trinajstić information content (AvgIpc) is 3.31. The van der Waals surface area contributed by atoms with E-state index < -0.39 is 0 Å². The summed E-state index contributed by atoms with van der Waals surface area (Å²) in [5.74, 6) is 1.71. The van der Waals surface area contributed by atoms with Crippen LogP contribution in [0.15, 0.2) is 58.1 Å². The van der Waals surface area contributed by atoms with Crippen LogP contribution in [0.5, 0.6) is 11.5 Å². The molecule has 0 fully saturated rings. The van der Waals surface area contributed by atoms with Crippen molar-refractivity contribution in [1.29, 1.82) is 0 Å². The van der Waals surface area contributed by atoms with Gasteiger partial charge in [-0.2, -0.15) is 0 Å². The Kier molecular flexibility index (Phi) is 4.78. The second-order valence-corrected chi connectivity index (χ2v) is 9.15. The summed E-state index contributed by atoms with van der Waals surface area (Å²) in [6, 6.07) is 13.9. The van der Waals surface area contributed by atoms with E-state index in [0.717, 1.165) is 40.0 Å². The van der Waals surface area contributed by atoms with Gasteiger partial charge < -0.3 is 9.47 Å². The van der Waals surface area contributed by atoms with Gasteiger partial charge in [0.15, 0.2) is 5.76 Å². The summed E-state index contributed by atoms with van der Waals surface area (Å²) in [6.07, 6.45) is 1.79. The molecule has 29 heavy (non-hydrogen) atoms. The van der Waals surface area contributed by atoms with Crippen LogP contribution in [0, 0.1) is 6.92 Å². The maximum Gasteiger partial charge on any atom is 0.231 e. The zero-order valence-corrected chi connectivity index (χ0v) is 18.2. The molecule has 0 unspecified atom stereocenters.